The van der Waals surface area contributed by atoms with E-state index in [0.717, 1.165) is 38.0 Å². The number of hydrogen-bond acceptors (Lipinski definition) is 4. The second kappa shape index (κ2) is 5.47. The number of aromatic nitrogens is 1. The van der Waals surface area contributed by atoms with Crippen molar-refractivity contribution in [1.29, 1.82) is 5.26 Å². The molecule has 0 bridgehead atoms. The van der Waals surface area contributed by atoms with Crippen LogP contribution in [0.5, 0.6) is 0 Å². The van der Waals surface area contributed by atoms with E-state index in [9.17, 15) is 0 Å². The van der Waals surface area contributed by atoms with Gasteiger partial charge in [0.1, 0.15) is 11.8 Å². The third kappa shape index (κ3) is 2.87. The summed E-state index contributed by atoms with van der Waals surface area (Å²) in [6.07, 6.45) is 3.89. The Morgan fingerprint density at radius 3 is 3.17 bits per heavy atom. The molecule has 2 heterocycles. The fourth-order valence-electron chi connectivity index (χ4n) is 2.52. The van der Waals surface area contributed by atoms with Gasteiger partial charge in [0.2, 0.25) is 0 Å². The predicted octanol–water partition coefficient (Wildman–Crippen LogP) is 1.95. The molecule has 0 N–H and O–H groups in total. The van der Waals surface area contributed by atoms with Crippen molar-refractivity contribution in [3.8, 4) is 6.07 Å². The van der Waals surface area contributed by atoms with Crippen LogP contribution in [0.2, 0.25) is 0 Å². The molecular weight excluding hydrogens is 226 g/mol. The first-order chi connectivity index (χ1) is 8.67. The maximum absolute atomic E-state index is 9.04. The van der Waals surface area contributed by atoms with Crippen molar-refractivity contribution in [2.45, 2.75) is 31.9 Å². The van der Waals surface area contributed by atoms with E-state index < -0.39 is 0 Å². The van der Waals surface area contributed by atoms with Crippen LogP contribution < -0.4 is 0 Å². The normalized spacial score (nSPS) is 24.7. The Morgan fingerprint density at radius 1 is 1.61 bits per heavy atom. The number of ether oxygens (including phenoxy) is 1. The Morgan fingerprint density at radius 2 is 2.44 bits per heavy atom. The summed E-state index contributed by atoms with van der Waals surface area (Å²) in [7, 11) is 1.77. The van der Waals surface area contributed by atoms with Crippen molar-refractivity contribution in [3.05, 3.63) is 29.6 Å². The maximum atomic E-state index is 9.04. The smallest absolute Gasteiger partial charge is 0.144 e. The number of hydrogen-bond donors (Lipinski definition) is 0. The van der Waals surface area contributed by atoms with Gasteiger partial charge in [-0.05, 0) is 32.4 Å². The molecule has 0 spiro atoms. The monoisotopic (exact) mass is 245 g/mol. The standard InChI is InChI=1S/C14H19N3O/c1-14(18-2)6-4-8-17(11-14)10-12-5-3-7-16-13(12)9-15/h3,5,7H,4,6,8,10-11H2,1-2H3. The molecule has 0 amide bonds. The number of likely N-dealkylation sites (tertiary alicyclic amines) is 1. The van der Waals surface area contributed by atoms with E-state index in [1.54, 1.807) is 13.3 Å². The van der Waals surface area contributed by atoms with Crippen molar-refractivity contribution in [2.24, 2.45) is 0 Å². The lowest BCUT2D eigenvalue weighted by Gasteiger charge is -2.39. The highest BCUT2D eigenvalue weighted by Gasteiger charge is 2.30. The molecule has 1 aromatic heterocycles. The molecule has 4 heteroatoms. The lowest BCUT2D eigenvalue weighted by atomic mass is 9.94. The molecule has 2 rings (SSSR count). The van der Waals surface area contributed by atoms with E-state index in [1.165, 1.54) is 0 Å². The zero-order valence-electron chi connectivity index (χ0n) is 11.0. The zero-order valence-corrected chi connectivity index (χ0v) is 11.0. The highest BCUT2D eigenvalue weighted by atomic mass is 16.5. The minimum atomic E-state index is -0.0622. The van der Waals surface area contributed by atoms with Crippen LogP contribution >= 0.6 is 0 Å². The topological polar surface area (TPSA) is 49.1 Å². The maximum Gasteiger partial charge on any atom is 0.144 e. The quantitative estimate of drug-likeness (QED) is 0.816. The van der Waals surface area contributed by atoms with Gasteiger partial charge in [-0.3, -0.25) is 4.90 Å². The van der Waals surface area contributed by atoms with E-state index in [-0.39, 0.29) is 5.60 Å². The summed E-state index contributed by atoms with van der Waals surface area (Å²) >= 11 is 0. The SMILES string of the molecule is COC1(C)CCCN(Cc2cccnc2C#N)C1. The molecule has 1 aromatic rings. The van der Waals surface area contributed by atoms with Crippen LogP contribution in [0.15, 0.2) is 18.3 Å². The summed E-state index contributed by atoms with van der Waals surface area (Å²) in [4.78, 5) is 6.44. The van der Waals surface area contributed by atoms with Crippen molar-refractivity contribution in [2.75, 3.05) is 20.2 Å². The van der Waals surface area contributed by atoms with Crippen LogP contribution in [0.4, 0.5) is 0 Å². The molecule has 0 radical (unpaired) electrons. The molecule has 0 aromatic carbocycles. The fourth-order valence-corrected chi connectivity index (χ4v) is 2.52. The summed E-state index contributed by atoms with van der Waals surface area (Å²) in [5.41, 5.74) is 1.47. The van der Waals surface area contributed by atoms with Gasteiger partial charge in [-0.1, -0.05) is 6.07 Å². The zero-order chi connectivity index (χ0) is 13.0. The second-order valence-corrected chi connectivity index (χ2v) is 5.09. The summed E-state index contributed by atoms with van der Waals surface area (Å²) in [6.45, 7) is 4.88. The molecule has 96 valence electrons. The number of piperidine rings is 1. The third-order valence-corrected chi connectivity index (χ3v) is 3.62. The van der Waals surface area contributed by atoms with Crippen LogP contribution in [0.25, 0.3) is 0 Å². The van der Waals surface area contributed by atoms with E-state index in [2.05, 4.69) is 22.9 Å². The highest BCUT2D eigenvalue weighted by molar-refractivity contribution is 5.30. The Balaban J connectivity index is 2.08. The molecule has 18 heavy (non-hydrogen) atoms. The van der Waals surface area contributed by atoms with E-state index in [4.69, 9.17) is 10.00 Å². The Labute approximate surface area is 108 Å². The molecule has 1 aliphatic heterocycles. The van der Waals surface area contributed by atoms with Gasteiger partial charge >= 0.3 is 0 Å². The molecule has 1 aliphatic rings. The number of methoxy groups -OCH3 is 1. The molecule has 0 saturated carbocycles. The van der Waals surface area contributed by atoms with E-state index in [1.807, 2.05) is 12.1 Å². The first-order valence-corrected chi connectivity index (χ1v) is 6.28. The summed E-state index contributed by atoms with van der Waals surface area (Å²) in [5.74, 6) is 0. The molecular formula is C14H19N3O. The summed E-state index contributed by atoms with van der Waals surface area (Å²) < 4.78 is 5.58. The second-order valence-electron chi connectivity index (χ2n) is 5.09. The van der Waals surface area contributed by atoms with Gasteiger partial charge < -0.3 is 4.74 Å². The minimum absolute atomic E-state index is 0.0622. The van der Waals surface area contributed by atoms with Gasteiger partial charge in [-0.15, -0.1) is 0 Å². The van der Waals surface area contributed by atoms with Crippen molar-refractivity contribution >= 4 is 0 Å². The van der Waals surface area contributed by atoms with Gasteiger partial charge in [0, 0.05) is 32.0 Å². The highest BCUT2D eigenvalue weighted by Crippen LogP contribution is 2.25. The summed E-state index contributed by atoms with van der Waals surface area (Å²) in [5, 5.41) is 9.04. The average molecular weight is 245 g/mol. The Kier molecular flexibility index (Phi) is 3.95. The van der Waals surface area contributed by atoms with Crippen molar-refractivity contribution < 1.29 is 4.74 Å². The number of rotatable bonds is 3. The molecule has 1 saturated heterocycles. The average Bonchev–Trinajstić information content (AvgIpc) is 2.39. The van der Waals surface area contributed by atoms with Crippen LogP contribution in [-0.4, -0.2) is 35.7 Å². The van der Waals surface area contributed by atoms with E-state index in [0.29, 0.717) is 5.69 Å². The molecule has 4 nitrogen and oxygen atoms in total. The van der Waals surface area contributed by atoms with Crippen LogP contribution in [0.1, 0.15) is 31.0 Å². The Hall–Kier alpha value is -1.44. The number of nitriles is 1. The van der Waals surface area contributed by atoms with Crippen molar-refractivity contribution in [1.82, 2.24) is 9.88 Å². The van der Waals surface area contributed by atoms with Crippen molar-refractivity contribution in [3.63, 3.8) is 0 Å². The van der Waals surface area contributed by atoms with Crippen LogP contribution in [-0.2, 0) is 11.3 Å². The van der Waals surface area contributed by atoms with Crippen LogP contribution in [0.3, 0.4) is 0 Å². The molecule has 1 fully saturated rings. The lowest BCUT2D eigenvalue weighted by Crippen LogP contribution is -2.46. The van der Waals surface area contributed by atoms with E-state index >= 15 is 0 Å². The summed E-state index contributed by atoms with van der Waals surface area (Å²) in [6, 6.07) is 6.01. The minimum Gasteiger partial charge on any atom is -0.377 e. The van der Waals surface area contributed by atoms with Gasteiger partial charge in [0.25, 0.3) is 0 Å². The van der Waals surface area contributed by atoms with Gasteiger partial charge in [0.15, 0.2) is 0 Å². The first kappa shape index (κ1) is 13.0. The molecule has 1 unspecified atom stereocenters. The van der Waals surface area contributed by atoms with Crippen LogP contribution in [0, 0.1) is 11.3 Å². The first-order valence-electron chi connectivity index (χ1n) is 6.28. The predicted molar refractivity (Wildman–Crippen MR) is 68.9 cm³/mol. The fraction of sp³-hybridized carbons (Fsp3) is 0.571. The molecule has 0 aliphatic carbocycles. The third-order valence-electron chi connectivity index (χ3n) is 3.62. The Bertz CT molecular complexity index is 455. The van der Waals surface area contributed by atoms with Gasteiger partial charge in [-0.2, -0.15) is 5.26 Å². The van der Waals surface area contributed by atoms with Gasteiger partial charge in [0.05, 0.1) is 5.60 Å². The number of nitrogens with zero attached hydrogens (tertiary/aromatic N) is 3. The largest absolute Gasteiger partial charge is 0.377 e. The lowest BCUT2D eigenvalue weighted by molar-refractivity contribution is -0.0527. The number of pyridine rings is 1. The molecule has 1 atom stereocenters. The van der Waals surface area contributed by atoms with Gasteiger partial charge in [-0.25, -0.2) is 4.98 Å².